The summed E-state index contributed by atoms with van der Waals surface area (Å²) in [6.07, 6.45) is 0. The minimum absolute atomic E-state index is 0.00274. The zero-order valence-corrected chi connectivity index (χ0v) is 17.7. The summed E-state index contributed by atoms with van der Waals surface area (Å²) in [6.45, 7) is 1.20. The Kier molecular flexibility index (Phi) is 7.14. The van der Waals surface area contributed by atoms with Crippen LogP contribution in [0.4, 0.5) is 9.18 Å². The van der Waals surface area contributed by atoms with Gasteiger partial charge in [-0.25, -0.2) is 18.8 Å². The van der Waals surface area contributed by atoms with Gasteiger partial charge in [-0.05, 0) is 36.8 Å². The van der Waals surface area contributed by atoms with Crippen molar-refractivity contribution in [1.29, 1.82) is 0 Å². The molecular formula is C21H17Cl2FN2O5. The molecule has 1 aliphatic rings. The minimum Gasteiger partial charge on any atom is -0.463 e. The Morgan fingerprint density at radius 3 is 2.42 bits per heavy atom. The predicted molar refractivity (Wildman–Crippen MR) is 111 cm³/mol. The lowest BCUT2D eigenvalue weighted by Gasteiger charge is -2.29. The molecule has 0 saturated heterocycles. The molecule has 0 bridgehead atoms. The molecular weight excluding hydrogens is 450 g/mol. The molecule has 2 aromatic carbocycles. The fourth-order valence-corrected chi connectivity index (χ4v) is 3.36. The van der Waals surface area contributed by atoms with Gasteiger partial charge in [0.25, 0.3) is 0 Å². The quantitative estimate of drug-likeness (QED) is 0.623. The van der Waals surface area contributed by atoms with Crippen LogP contribution < -0.4 is 10.6 Å². The highest BCUT2D eigenvalue weighted by Crippen LogP contribution is 2.29. The maximum absolute atomic E-state index is 14.0. The van der Waals surface area contributed by atoms with Crippen molar-refractivity contribution in [2.75, 3.05) is 13.2 Å². The molecule has 2 amide bonds. The topological polar surface area (TPSA) is 93.7 Å². The number of esters is 2. The number of nitrogens with one attached hydrogen (secondary N) is 2. The lowest BCUT2D eigenvalue weighted by atomic mass is 9.95. The van der Waals surface area contributed by atoms with Crippen LogP contribution in [0.2, 0.25) is 10.0 Å². The molecule has 1 atom stereocenters. The van der Waals surface area contributed by atoms with Crippen LogP contribution in [0.5, 0.6) is 0 Å². The molecule has 162 valence electrons. The number of ether oxygens (including phenoxy) is 2. The molecule has 3 rings (SSSR count). The average molecular weight is 467 g/mol. The normalized spacial score (nSPS) is 15.7. The number of halogens is 3. The molecule has 1 unspecified atom stereocenters. The third-order valence-corrected chi connectivity index (χ3v) is 4.93. The molecule has 0 fully saturated rings. The summed E-state index contributed by atoms with van der Waals surface area (Å²) in [5, 5.41) is 5.43. The van der Waals surface area contributed by atoms with Gasteiger partial charge in [0, 0.05) is 5.02 Å². The van der Waals surface area contributed by atoms with Crippen LogP contribution >= 0.6 is 23.2 Å². The van der Waals surface area contributed by atoms with Crippen molar-refractivity contribution in [1.82, 2.24) is 10.6 Å². The molecule has 0 radical (unpaired) electrons. The van der Waals surface area contributed by atoms with Crippen molar-refractivity contribution < 1.29 is 28.2 Å². The van der Waals surface area contributed by atoms with Crippen LogP contribution in [-0.4, -0.2) is 31.2 Å². The molecule has 2 N–H and O–H groups in total. The Morgan fingerprint density at radius 2 is 1.77 bits per heavy atom. The van der Waals surface area contributed by atoms with Crippen molar-refractivity contribution in [2.45, 2.75) is 13.0 Å². The monoisotopic (exact) mass is 466 g/mol. The molecule has 0 saturated carbocycles. The molecule has 10 heteroatoms. The highest BCUT2D eigenvalue weighted by Gasteiger charge is 2.34. The third-order valence-electron chi connectivity index (χ3n) is 4.37. The zero-order chi connectivity index (χ0) is 22.5. The maximum Gasteiger partial charge on any atom is 0.343 e. The van der Waals surface area contributed by atoms with Gasteiger partial charge in [-0.1, -0.05) is 41.4 Å². The number of carbonyl (C=O) groups excluding carboxylic acids is 3. The summed E-state index contributed by atoms with van der Waals surface area (Å²) in [5.74, 6) is -2.62. The second-order valence-corrected chi connectivity index (χ2v) is 7.21. The van der Waals surface area contributed by atoms with Gasteiger partial charge in [0.15, 0.2) is 0 Å². The van der Waals surface area contributed by atoms with Gasteiger partial charge in [-0.15, -0.1) is 0 Å². The Balaban J connectivity index is 1.95. The van der Waals surface area contributed by atoms with Gasteiger partial charge in [-0.3, -0.25) is 0 Å². The molecule has 0 aromatic heterocycles. The minimum atomic E-state index is -1.05. The van der Waals surface area contributed by atoms with E-state index in [4.69, 9.17) is 32.7 Å². The summed E-state index contributed by atoms with van der Waals surface area (Å²) >= 11 is 11.8. The van der Waals surface area contributed by atoms with Crippen molar-refractivity contribution in [2.24, 2.45) is 0 Å². The first-order valence-electron chi connectivity index (χ1n) is 9.16. The highest BCUT2D eigenvalue weighted by molar-refractivity contribution is 6.33. The largest absolute Gasteiger partial charge is 0.463 e. The first kappa shape index (κ1) is 22.6. The number of rotatable bonds is 6. The predicted octanol–water partition coefficient (Wildman–Crippen LogP) is 4.16. The number of hydrogen-bond donors (Lipinski definition) is 2. The van der Waals surface area contributed by atoms with Gasteiger partial charge in [0.1, 0.15) is 18.0 Å². The van der Waals surface area contributed by atoms with Gasteiger partial charge in [0.2, 0.25) is 0 Å². The van der Waals surface area contributed by atoms with Gasteiger partial charge in [-0.2, -0.15) is 0 Å². The molecule has 7 nitrogen and oxygen atoms in total. The van der Waals surface area contributed by atoms with Crippen LogP contribution in [0.25, 0.3) is 0 Å². The van der Waals surface area contributed by atoms with Crippen molar-refractivity contribution in [3.63, 3.8) is 0 Å². The van der Waals surface area contributed by atoms with Crippen LogP contribution in [0.15, 0.2) is 53.7 Å². The second kappa shape index (κ2) is 9.80. The molecule has 1 heterocycles. The molecule has 31 heavy (non-hydrogen) atoms. The molecule has 0 spiro atoms. The fraction of sp³-hybridized carbons (Fsp3) is 0.190. The van der Waals surface area contributed by atoms with Crippen molar-refractivity contribution in [3.05, 3.63) is 80.7 Å². The number of urea groups is 1. The number of benzene rings is 2. The van der Waals surface area contributed by atoms with Crippen LogP contribution in [-0.2, 0) is 14.3 Å². The van der Waals surface area contributed by atoms with E-state index in [1.807, 2.05) is 0 Å². The van der Waals surface area contributed by atoms with E-state index in [9.17, 15) is 18.8 Å². The summed E-state index contributed by atoms with van der Waals surface area (Å²) in [7, 11) is 0. The van der Waals surface area contributed by atoms with Gasteiger partial charge in [0.05, 0.1) is 28.9 Å². The van der Waals surface area contributed by atoms with Crippen LogP contribution in [0.1, 0.15) is 28.9 Å². The number of carbonyl (C=O) groups is 3. The van der Waals surface area contributed by atoms with Crippen LogP contribution in [0, 0.1) is 5.82 Å². The average Bonchev–Trinajstić information content (AvgIpc) is 2.72. The highest BCUT2D eigenvalue weighted by atomic mass is 35.5. The zero-order valence-electron chi connectivity index (χ0n) is 16.2. The number of hydrogen-bond acceptors (Lipinski definition) is 5. The summed E-state index contributed by atoms with van der Waals surface area (Å²) < 4.78 is 24.3. The van der Waals surface area contributed by atoms with E-state index < -0.39 is 42.0 Å². The second-order valence-electron chi connectivity index (χ2n) is 6.37. The van der Waals surface area contributed by atoms with E-state index in [-0.39, 0.29) is 22.9 Å². The van der Waals surface area contributed by atoms with E-state index in [1.54, 1.807) is 31.2 Å². The Labute approximate surface area is 187 Å². The Hall–Kier alpha value is -3.10. The lowest BCUT2D eigenvalue weighted by molar-refractivity contribution is -0.139. The van der Waals surface area contributed by atoms with E-state index in [1.165, 1.54) is 12.1 Å². The Bertz CT molecular complexity index is 1040. The van der Waals surface area contributed by atoms with Crippen LogP contribution in [0.3, 0.4) is 0 Å². The van der Waals surface area contributed by atoms with Crippen molar-refractivity contribution in [3.8, 4) is 0 Å². The summed E-state index contributed by atoms with van der Waals surface area (Å²) in [4.78, 5) is 37.3. The molecule has 2 aromatic rings. The summed E-state index contributed by atoms with van der Waals surface area (Å²) in [6, 6.07) is 8.74. The smallest absolute Gasteiger partial charge is 0.343 e. The third kappa shape index (κ3) is 5.15. The van der Waals surface area contributed by atoms with Gasteiger partial charge >= 0.3 is 18.0 Å². The lowest BCUT2D eigenvalue weighted by Crippen LogP contribution is -2.47. The first-order chi connectivity index (χ1) is 14.8. The first-order valence-corrected chi connectivity index (χ1v) is 9.91. The summed E-state index contributed by atoms with van der Waals surface area (Å²) in [5.41, 5.74) is 0.152. The van der Waals surface area contributed by atoms with E-state index in [0.717, 1.165) is 6.07 Å². The SMILES string of the molecule is CCOC(=O)C1=C(COC(=O)c2c(F)cccc2Cl)NC(=O)NC1c1ccc(Cl)cc1. The standard InChI is InChI=1S/C21H17Cl2FN2O5/c1-2-30-20(28)17-15(10-31-19(27)16-13(23)4-3-5-14(16)24)25-21(29)26-18(17)11-6-8-12(22)9-7-11/h3-9,18H,2,10H2,1H3,(H2,25,26,29). The van der Waals surface area contributed by atoms with E-state index in [0.29, 0.717) is 10.6 Å². The Morgan fingerprint density at radius 1 is 1.06 bits per heavy atom. The van der Waals surface area contributed by atoms with E-state index >= 15 is 0 Å². The van der Waals surface area contributed by atoms with Crippen molar-refractivity contribution >= 4 is 41.2 Å². The number of amides is 2. The fourth-order valence-electron chi connectivity index (χ4n) is 2.99. The molecule has 0 aliphatic carbocycles. The maximum atomic E-state index is 14.0. The molecule has 1 aliphatic heterocycles. The van der Waals surface area contributed by atoms with Gasteiger partial charge < -0.3 is 20.1 Å². The van der Waals surface area contributed by atoms with E-state index in [2.05, 4.69) is 10.6 Å².